The van der Waals surface area contributed by atoms with E-state index in [1.54, 1.807) is 30.3 Å². The molecule has 0 amide bonds. The highest BCUT2D eigenvalue weighted by atomic mass is 32.2. The minimum Gasteiger partial charge on any atom is -0.497 e. The molecule has 0 atom stereocenters. The Kier molecular flexibility index (Phi) is 4.28. The number of anilines is 1. The van der Waals surface area contributed by atoms with Crippen molar-refractivity contribution in [1.29, 1.82) is 0 Å². The van der Waals surface area contributed by atoms with Gasteiger partial charge in [-0.05, 0) is 38.1 Å². The Balaban J connectivity index is 2.18. The van der Waals surface area contributed by atoms with Crippen molar-refractivity contribution in [1.82, 2.24) is 0 Å². The SMILES string of the molecule is COc1ccc(OC)c(S(=O)(=O)N2CC(C)(C)Oc3ccccc32)c1. The quantitative estimate of drug-likeness (QED) is 0.835. The highest BCUT2D eigenvalue weighted by Gasteiger charge is 2.39. The highest BCUT2D eigenvalue weighted by molar-refractivity contribution is 7.93. The number of para-hydroxylation sites is 2. The van der Waals surface area contributed by atoms with E-state index in [2.05, 4.69) is 0 Å². The molecule has 7 heteroatoms. The number of benzene rings is 2. The third-order valence-electron chi connectivity index (χ3n) is 3.98. The summed E-state index contributed by atoms with van der Waals surface area (Å²) < 4.78 is 44.6. The number of ether oxygens (including phenoxy) is 3. The first-order valence-corrected chi connectivity index (χ1v) is 9.25. The fourth-order valence-electron chi connectivity index (χ4n) is 2.83. The molecule has 1 aliphatic heterocycles. The topological polar surface area (TPSA) is 65.1 Å². The monoisotopic (exact) mass is 363 g/mol. The summed E-state index contributed by atoms with van der Waals surface area (Å²) in [6.45, 7) is 3.90. The van der Waals surface area contributed by atoms with E-state index in [4.69, 9.17) is 14.2 Å². The Hall–Kier alpha value is -2.41. The zero-order chi connectivity index (χ0) is 18.2. The zero-order valence-electron chi connectivity index (χ0n) is 14.6. The lowest BCUT2D eigenvalue weighted by atomic mass is 10.1. The Morgan fingerprint density at radius 3 is 2.48 bits per heavy atom. The van der Waals surface area contributed by atoms with Crippen molar-refractivity contribution in [3.05, 3.63) is 42.5 Å². The second kappa shape index (κ2) is 6.15. The molecule has 0 aliphatic carbocycles. The first-order chi connectivity index (χ1) is 11.8. The molecule has 134 valence electrons. The van der Waals surface area contributed by atoms with Crippen molar-refractivity contribution in [2.75, 3.05) is 25.1 Å². The van der Waals surface area contributed by atoms with Crippen molar-refractivity contribution in [2.24, 2.45) is 0 Å². The third kappa shape index (κ3) is 3.11. The maximum absolute atomic E-state index is 13.4. The minimum absolute atomic E-state index is 0.0573. The summed E-state index contributed by atoms with van der Waals surface area (Å²) in [5.41, 5.74) is -0.153. The zero-order valence-corrected chi connectivity index (χ0v) is 15.5. The lowest BCUT2D eigenvalue weighted by Crippen LogP contribution is -2.49. The molecule has 0 saturated carbocycles. The van der Waals surface area contributed by atoms with Crippen LogP contribution in [0.3, 0.4) is 0 Å². The Morgan fingerprint density at radius 2 is 1.80 bits per heavy atom. The van der Waals surface area contributed by atoms with E-state index in [0.717, 1.165) is 0 Å². The molecule has 0 saturated heterocycles. The molecule has 0 aromatic heterocycles. The van der Waals surface area contributed by atoms with E-state index in [-0.39, 0.29) is 17.2 Å². The predicted molar refractivity (Wildman–Crippen MR) is 95.2 cm³/mol. The van der Waals surface area contributed by atoms with Crippen LogP contribution in [0.2, 0.25) is 0 Å². The van der Waals surface area contributed by atoms with E-state index in [1.807, 2.05) is 19.9 Å². The number of hydrogen-bond donors (Lipinski definition) is 0. The molecule has 0 fully saturated rings. The molecule has 2 aromatic carbocycles. The van der Waals surface area contributed by atoms with Crippen LogP contribution in [-0.4, -0.2) is 34.8 Å². The summed E-state index contributed by atoms with van der Waals surface area (Å²) >= 11 is 0. The Morgan fingerprint density at radius 1 is 1.08 bits per heavy atom. The highest BCUT2D eigenvalue weighted by Crippen LogP contribution is 2.41. The number of rotatable bonds is 4. The van der Waals surface area contributed by atoms with Gasteiger partial charge in [-0.15, -0.1) is 0 Å². The first kappa shape index (κ1) is 17.4. The van der Waals surface area contributed by atoms with E-state index in [9.17, 15) is 8.42 Å². The molecule has 25 heavy (non-hydrogen) atoms. The van der Waals surface area contributed by atoms with Crippen LogP contribution in [0.5, 0.6) is 17.2 Å². The largest absolute Gasteiger partial charge is 0.497 e. The summed E-state index contributed by atoms with van der Waals surface area (Å²) in [6.07, 6.45) is 0. The van der Waals surface area contributed by atoms with Crippen molar-refractivity contribution >= 4 is 15.7 Å². The summed E-state index contributed by atoms with van der Waals surface area (Å²) in [5, 5.41) is 0. The number of nitrogens with zero attached hydrogens (tertiary/aromatic N) is 1. The molecule has 0 radical (unpaired) electrons. The maximum Gasteiger partial charge on any atom is 0.268 e. The average Bonchev–Trinajstić information content (AvgIpc) is 2.59. The number of hydrogen-bond acceptors (Lipinski definition) is 5. The second-order valence-corrected chi connectivity index (χ2v) is 8.19. The lowest BCUT2D eigenvalue weighted by molar-refractivity contribution is 0.110. The van der Waals surface area contributed by atoms with E-state index < -0.39 is 15.6 Å². The summed E-state index contributed by atoms with van der Waals surface area (Å²) in [6, 6.07) is 11.8. The van der Waals surface area contributed by atoms with Gasteiger partial charge in [0.1, 0.15) is 27.7 Å². The number of sulfonamides is 1. The van der Waals surface area contributed by atoms with Crippen LogP contribution in [0.15, 0.2) is 47.4 Å². The van der Waals surface area contributed by atoms with Crippen LogP contribution in [-0.2, 0) is 10.0 Å². The van der Waals surface area contributed by atoms with Gasteiger partial charge in [0.2, 0.25) is 0 Å². The molecular weight excluding hydrogens is 342 g/mol. The lowest BCUT2D eigenvalue weighted by Gasteiger charge is -2.40. The van der Waals surface area contributed by atoms with Gasteiger partial charge in [-0.2, -0.15) is 0 Å². The molecule has 0 spiro atoms. The van der Waals surface area contributed by atoms with E-state index >= 15 is 0 Å². The van der Waals surface area contributed by atoms with Crippen molar-refractivity contribution in [3.63, 3.8) is 0 Å². The summed E-state index contributed by atoms with van der Waals surface area (Å²) in [7, 11) is -0.940. The fourth-order valence-corrected chi connectivity index (χ4v) is 4.63. The number of fused-ring (bicyclic) bond motifs is 1. The van der Waals surface area contributed by atoms with E-state index in [1.165, 1.54) is 24.6 Å². The Labute approximate surface area is 148 Å². The van der Waals surface area contributed by atoms with Gasteiger partial charge in [-0.25, -0.2) is 8.42 Å². The normalized spacial score (nSPS) is 15.9. The van der Waals surface area contributed by atoms with Crippen molar-refractivity contribution in [2.45, 2.75) is 24.3 Å². The van der Waals surface area contributed by atoms with Crippen LogP contribution in [0, 0.1) is 0 Å². The van der Waals surface area contributed by atoms with Crippen LogP contribution < -0.4 is 18.5 Å². The molecule has 3 rings (SSSR count). The predicted octanol–water partition coefficient (Wildman–Crippen LogP) is 3.07. The molecule has 0 N–H and O–H groups in total. The average molecular weight is 363 g/mol. The summed E-state index contributed by atoms with van der Waals surface area (Å²) in [5.74, 6) is 1.24. The number of methoxy groups -OCH3 is 2. The molecule has 6 nitrogen and oxygen atoms in total. The van der Waals surface area contributed by atoms with Crippen LogP contribution in [0.25, 0.3) is 0 Å². The molecule has 0 unspecified atom stereocenters. The summed E-state index contributed by atoms with van der Waals surface area (Å²) in [4.78, 5) is 0.0573. The van der Waals surface area contributed by atoms with Crippen LogP contribution in [0.1, 0.15) is 13.8 Å². The molecular formula is C18H21NO5S. The maximum atomic E-state index is 13.4. The first-order valence-electron chi connectivity index (χ1n) is 7.81. The standard InChI is InChI=1S/C18H21NO5S/c1-18(2)12-19(14-7-5-6-8-15(14)24-18)25(20,21)17-11-13(22-3)9-10-16(17)23-4/h5-11H,12H2,1-4H3. The molecule has 1 aliphatic rings. The van der Waals surface area contributed by atoms with Gasteiger partial charge in [0, 0.05) is 6.07 Å². The van der Waals surface area contributed by atoms with Gasteiger partial charge in [0.15, 0.2) is 0 Å². The van der Waals surface area contributed by atoms with Crippen molar-refractivity contribution in [3.8, 4) is 17.2 Å². The van der Waals surface area contributed by atoms with Gasteiger partial charge in [-0.1, -0.05) is 12.1 Å². The molecule has 2 aromatic rings. The molecule has 1 heterocycles. The second-order valence-electron chi connectivity index (χ2n) is 6.36. The molecule has 0 bridgehead atoms. The van der Waals surface area contributed by atoms with Crippen LogP contribution >= 0.6 is 0 Å². The van der Waals surface area contributed by atoms with Gasteiger partial charge in [0.25, 0.3) is 10.0 Å². The van der Waals surface area contributed by atoms with Crippen molar-refractivity contribution < 1.29 is 22.6 Å². The third-order valence-corrected chi connectivity index (χ3v) is 5.76. The minimum atomic E-state index is -3.87. The van der Waals surface area contributed by atoms with Gasteiger partial charge in [-0.3, -0.25) is 4.31 Å². The fraction of sp³-hybridized carbons (Fsp3) is 0.333. The Bertz CT molecular complexity index is 892. The van der Waals surface area contributed by atoms with Gasteiger partial charge >= 0.3 is 0 Å². The van der Waals surface area contributed by atoms with Gasteiger partial charge in [0.05, 0.1) is 26.5 Å². The smallest absolute Gasteiger partial charge is 0.268 e. The van der Waals surface area contributed by atoms with Gasteiger partial charge < -0.3 is 14.2 Å². The van der Waals surface area contributed by atoms with E-state index in [0.29, 0.717) is 17.2 Å². The van der Waals surface area contributed by atoms with Crippen LogP contribution in [0.4, 0.5) is 5.69 Å².